The van der Waals surface area contributed by atoms with Gasteiger partial charge >= 0.3 is 0 Å². The van der Waals surface area contributed by atoms with Crippen molar-refractivity contribution >= 4 is 23.2 Å². The molecule has 0 aliphatic heterocycles. The Kier molecular flexibility index (Phi) is 4.89. The van der Waals surface area contributed by atoms with Crippen molar-refractivity contribution in [3.63, 3.8) is 0 Å². The molecule has 3 aromatic rings. The van der Waals surface area contributed by atoms with E-state index in [1.54, 1.807) is 19.1 Å². The van der Waals surface area contributed by atoms with Crippen LogP contribution in [0.3, 0.4) is 0 Å². The fourth-order valence-electron chi connectivity index (χ4n) is 2.10. The summed E-state index contributed by atoms with van der Waals surface area (Å²) < 4.78 is 10.3. The first-order valence-electron chi connectivity index (χ1n) is 7.70. The van der Waals surface area contributed by atoms with Gasteiger partial charge in [-0.05, 0) is 38.1 Å². The summed E-state index contributed by atoms with van der Waals surface area (Å²) in [6.45, 7) is 4.29. The molecule has 8 nitrogen and oxygen atoms in total. The molecule has 25 heavy (non-hydrogen) atoms. The Labute approximate surface area is 144 Å². The zero-order valence-corrected chi connectivity index (χ0v) is 13.8. The molecule has 0 unspecified atom stereocenters. The van der Waals surface area contributed by atoms with Crippen molar-refractivity contribution in [3.05, 3.63) is 54.2 Å². The number of hydrogen-bond donors (Lipinski definition) is 2. The third kappa shape index (κ3) is 4.31. The van der Waals surface area contributed by atoms with E-state index in [0.717, 1.165) is 11.4 Å². The fraction of sp³-hybridized carbons (Fsp3) is 0.176. The van der Waals surface area contributed by atoms with Crippen LogP contribution in [0.15, 0.2) is 47.2 Å². The van der Waals surface area contributed by atoms with Gasteiger partial charge in [-0.2, -0.15) is 0 Å². The van der Waals surface area contributed by atoms with Gasteiger partial charge in [-0.3, -0.25) is 4.79 Å². The predicted molar refractivity (Wildman–Crippen MR) is 92.1 cm³/mol. The first kappa shape index (κ1) is 16.4. The van der Waals surface area contributed by atoms with Crippen LogP contribution >= 0.6 is 0 Å². The molecule has 0 saturated heterocycles. The van der Waals surface area contributed by atoms with E-state index in [1.807, 2.05) is 31.2 Å². The highest BCUT2D eigenvalue weighted by Gasteiger charge is 2.11. The standard InChI is InChI=1S/C17H17N5O3/c1-3-24-13-6-4-12(5-7-13)20-15-9-14(18-10-19-15)17(23)21-16-8-11(2)25-22-16/h4-10H,3H2,1-2H3,(H,18,19,20)(H,21,22,23). The van der Waals surface area contributed by atoms with Crippen LogP contribution in [0.4, 0.5) is 17.3 Å². The largest absolute Gasteiger partial charge is 0.494 e. The lowest BCUT2D eigenvalue weighted by atomic mass is 10.3. The topological polar surface area (TPSA) is 102 Å². The lowest BCUT2D eigenvalue weighted by Gasteiger charge is -2.08. The molecule has 0 aliphatic rings. The molecule has 0 saturated carbocycles. The summed E-state index contributed by atoms with van der Waals surface area (Å²) in [5, 5.41) is 9.45. The maximum atomic E-state index is 12.2. The average molecular weight is 339 g/mol. The minimum absolute atomic E-state index is 0.212. The number of anilines is 3. The van der Waals surface area contributed by atoms with Crippen LogP contribution in [-0.2, 0) is 0 Å². The molecule has 2 aromatic heterocycles. The molecule has 1 amide bonds. The van der Waals surface area contributed by atoms with Crippen LogP contribution in [0.25, 0.3) is 0 Å². The molecule has 0 fully saturated rings. The van der Waals surface area contributed by atoms with E-state index in [2.05, 4.69) is 25.8 Å². The number of amides is 1. The second-order valence-corrected chi connectivity index (χ2v) is 5.15. The minimum Gasteiger partial charge on any atom is -0.494 e. The van der Waals surface area contributed by atoms with Crippen LogP contribution in [0.2, 0.25) is 0 Å². The Hall–Kier alpha value is -3.42. The summed E-state index contributed by atoms with van der Waals surface area (Å²) in [7, 11) is 0. The van der Waals surface area contributed by atoms with E-state index < -0.39 is 5.91 Å². The van der Waals surface area contributed by atoms with Gasteiger partial charge in [0.25, 0.3) is 5.91 Å². The lowest BCUT2D eigenvalue weighted by Crippen LogP contribution is -2.14. The van der Waals surface area contributed by atoms with Gasteiger partial charge in [0.1, 0.15) is 29.3 Å². The Morgan fingerprint density at radius 2 is 1.96 bits per heavy atom. The van der Waals surface area contributed by atoms with E-state index in [4.69, 9.17) is 9.26 Å². The number of ether oxygens (including phenoxy) is 1. The van der Waals surface area contributed by atoms with Crippen LogP contribution < -0.4 is 15.4 Å². The number of carbonyl (C=O) groups is 1. The van der Waals surface area contributed by atoms with E-state index in [0.29, 0.717) is 24.0 Å². The quantitative estimate of drug-likeness (QED) is 0.711. The van der Waals surface area contributed by atoms with Crippen molar-refractivity contribution in [1.29, 1.82) is 0 Å². The fourth-order valence-corrected chi connectivity index (χ4v) is 2.10. The number of aryl methyl sites for hydroxylation is 1. The Morgan fingerprint density at radius 3 is 2.64 bits per heavy atom. The number of benzene rings is 1. The predicted octanol–water partition coefficient (Wildman–Crippen LogP) is 3.17. The highest BCUT2D eigenvalue weighted by atomic mass is 16.5. The molecule has 2 heterocycles. The zero-order valence-electron chi connectivity index (χ0n) is 13.8. The number of nitrogens with one attached hydrogen (secondary N) is 2. The minimum atomic E-state index is -0.398. The van der Waals surface area contributed by atoms with Crippen LogP contribution in [0, 0.1) is 6.92 Å². The van der Waals surface area contributed by atoms with E-state index in [9.17, 15) is 4.79 Å². The van der Waals surface area contributed by atoms with Crippen molar-refractivity contribution in [2.45, 2.75) is 13.8 Å². The van der Waals surface area contributed by atoms with Crippen molar-refractivity contribution < 1.29 is 14.1 Å². The highest BCUT2D eigenvalue weighted by molar-refractivity contribution is 6.02. The molecular weight excluding hydrogens is 322 g/mol. The maximum absolute atomic E-state index is 12.2. The van der Waals surface area contributed by atoms with Crippen molar-refractivity contribution in [1.82, 2.24) is 15.1 Å². The van der Waals surface area contributed by atoms with Gasteiger partial charge in [-0.25, -0.2) is 9.97 Å². The summed E-state index contributed by atoms with van der Waals surface area (Å²) in [5.41, 5.74) is 1.03. The normalized spacial score (nSPS) is 10.3. The molecule has 3 rings (SSSR count). The number of carbonyl (C=O) groups excluding carboxylic acids is 1. The Bertz CT molecular complexity index is 861. The summed E-state index contributed by atoms with van der Waals surface area (Å²) in [4.78, 5) is 20.3. The number of nitrogens with zero attached hydrogens (tertiary/aromatic N) is 3. The molecule has 0 spiro atoms. The monoisotopic (exact) mass is 339 g/mol. The molecular formula is C17H17N5O3. The molecule has 1 aromatic carbocycles. The SMILES string of the molecule is CCOc1ccc(Nc2cc(C(=O)Nc3cc(C)on3)ncn2)cc1. The average Bonchev–Trinajstić information content (AvgIpc) is 3.02. The van der Waals surface area contributed by atoms with E-state index in [-0.39, 0.29) is 5.69 Å². The first-order valence-corrected chi connectivity index (χ1v) is 7.70. The maximum Gasteiger partial charge on any atom is 0.275 e. The van der Waals surface area contributed by atoms with Crippen molar-refractivity contribution in [2.24, 2.45) is 0 Å². The van der Waals surface area contributed by atoms with Crippen LogP contribution in [0.1, 0.15) is 23.2 Å². The van der Waals surface area contributed by atoms with E-state index in [1.165, 1.54) is 6.33 Å². The van der Waals surface area contributed by atoms with E-state index >= 15 is 0 Å². The number of aromatic nitrogens is 3. The van der Waals surface area contributed by atoms with Gasteiger partial charge in [0, 0.05) is 17.8 Å². The molecule has 0 atom stereocenters. The lowest BCUT2D eigenvalue weighted by molar-refractivity contribution is 0.102. The zero-order chi connectivity index (χ0) is 17.6. The molecule has 0 bridgehead atoms. The molecule has 128 valence electrons. The number of hydrogen-bond acceptors (Lipinski definition) is 7. The van der Waals surface area contributed by atoms with Crippen molar-refractivity contribution in [3.8, 4) is 5.75 Å². The smallest absolute Gasteiger partial charge is 0.275 e. The second kappa shape index (κ2) is 7.43. The van der Waals surface area contributed by atoms with Gasteiger partial charge in [0.05, 0.1) is 6.61 Å². The van der Waals surface area contributed by atoms with Gasteiger partial charge in [0.2, 0.25) is 0 Å². The Balaban J connectivity index is 1.69. The summed E-state index contributed by atoms with van der Waals surface area (Å²) in [6.07, 6.45) is 1.32. The second-order valence-electron chi connectivity index (χ2n) is 5.15. The molecule has 0 radical (unpaired) electrons. The van der Waals surface area contributed by atoms with Gasteiger partial charge in [-0.1, -0.05) is 5.16 Å². The first-order chi connectivity index (χ1) is 12.1. The third-order valence-electron chi connectivity index (χ3n) is 3.21. The summed E-state index contributed by atoms with van der Waals surface area (Å²) >= 11 is 0. The van der Waals surface area contributed by atoms with Gasteiger partial charge in [-0.15, -0.1) is 0 Å². The third-order valence-corrected chi connectivity index (χ3v) is 3.21. The van der Waals surface area contributed by atoms with Gasteiger partial charge < -0.3 is 19.9 Å². The summed E-state index contributed by atoms with van der Waals surface area (Å²) in [6, 6.07) is 10.6. The Morgan fingerprint density at radius 1 is 1.16 bits per heavy atom. The van der Waals surface area contributed by atoms with Crippen LogP contribution in [-0.4, -0.2) is 27.6 Å². The molecule has 0 aliphatic carbocycles. The van der Waals surface area contributed by atoms with Crippen molar-refractivity contribution in [2.75, 3.05) is 17.2 Å². The summed E-state index contributed by atoms with van der Waals surface area (Å²) in [5.74, 6) is 1.84. The molecule has 2 N–H and O–H groups in total. The van der Waals surface area contributed by atoms with Gasteiger partial charge in [0.15, 0.2) is 5.82 Å². The molecule has 8 heteroatoms. The van der Waals surface area contributed by atoms with Crippen LogP contribution in [0.5, 0.6) is 5.75 Å². The highest BCUT2D eigenvalue weighted by Crippen LogP contribution is 2.19. The number of rotatable bonds is 6.